The fraction of sp³-hybridized carbons (Fsp3) is 0.103. The zero-order valence-corrected chi connectivity index (χ0v) is 21.3. The quantitative estimate of drug-likeness (QED) is 0.230. The molecule has 37 heavy (non-hydrogen) atoms. The number of anilines is 1. The predicted octanol–water partition coefficient (Wildman–Crippen LogP) is 5.45. The highest BCUT2D eigenvalue weighted by molar-refractivity contribution is 7.92. The highest BCUT2D eigenvalue weighted by Gasteiger charge is 2.14. The van der Waals surface area contributed by atoms with E-state index < -0.39 is 15.9 Å². The lowest BCUT2D eigenvalue weighted by atomic mass is 10.2. The van der Waals surface area contributed by atoms with Gasteiger partial charge >= 0.3 is 0 Å². The van der Waals surface area contributed by atoms with Gasteiger partial charge < -0.3 is 4.74 Å². The number of hydrogen-bond donors (Lipinski definition) is 2. The average Bonchev–Trinajstić information content (AvgIpc) is 2.89. The number of aryl methyl sites for hydroxylation is 2. The van der Waals surface area contributed by atoms with Crippen LogP contribution in [-0.2, 0) is 16.6 Å². The normalized spacial score (nSPS) is 11.3. The van der Waals surface area contributed by atoms with E-state index in [0.717, 1.165) is 22.4 Å². The van der Waals surface area contributed by atoms with Crippen molar-refractivity contribution in [3.8, 4) is 5.75 Å². The minimum atomic E-state index is -3.71. The Morgan fingerprint density at radius 1 is 0.811 bits per heavy atom. The van der Waals surface area contributed by atoms with Crippen LogP contribution in [0.3, 0.4) is 0 Å². The Bertz CT molecular complexity index is 1480. The summed E-state index contributed by atoms with van der Waals surface area (Å²) in [7, 11) is -3.71. The summed E-state index contributed by atoms with van der Waals surface area (Å²) in [5, 5.41) is 4.00. The monoisotopic (exact) mass is 513 g/mol. The number of nitrogens with zero attached hydrogens (tertiary/aromatic N) is 1. The van der Waals surface area contributed by atoms with Gasteiger partial charge in [0.15, 0.2) is 0 Å². The third-order valence-electron chi connectivity index (χ3n) is 5.52. The van der Waals surface area contributed by atoms with Crippen LogP contribution >= 0.6 is 0 Å². The molecule has 0 aromatic heterocycles. The maximum Gasteiger partial charge on any atom is 0.271 e. The number of rotatable bonds is 9. The largest absolute Gasteiger partial charge is 0.489 e. The van der Waals surface area contributed by atoms with E-state index in [1.807, 2.05) is 50.2 Å². The summed E-state index contributed by atoms with van der Waals surface area (Å²) in [5.74, 6) is 0.321. The van der Waals surface area contributed by atoms with E-state index in [9.17, 15) is 13.2 Å². The molecule has 4 aromatic carbocycles. The molecule has 0 unspecified atom stereocenters. The van der Waals surface area contributed by atoms with Crippen LogP contribution in [0.15, 0.2) is 107 Å². The molecule has 0 heterocycles. The fourth-order valence-electron chi connectivity index (χ4n) is 3.35. The Balaban J connectivity index is 1.28. The number of carbonyl (C=O) groups is 1. The second-order valence-corrected chi connectivity index (χ2v) is 10.2. The second-order valence-electron chi connectivity index (χ2n) is 8.54. The van der Waals surface area contributed by atoms with Crippen LogP contribution in [-0.4, -0.2) is 20.5 Å². The highest BCUT2D eigenvalue weighted by Crippen LogP contribution is 2.18. The van der Waals surface area contributed by atoms with Gasteiger partial charge in [-0.05, 0) is 85.6 Å². The van der Waals surface area contributed by atoms with Crippen molar-refractivity contribution in [3.63, 3.8) is 0 Å². The first kappa shape index (κ1) is 25.7. The maximum atomic E-state index is 12.5. The van der Waals surface area contributed by atoms with E-state index >= 15 is 0 Å². The van der Waals surface area contributed by atoms with Crippen LogP contribution in [0.1, 0.15) is 32.6 Å². The first-order valence-electron chi connectivity index (χ1n) is 11.6. The van der Waals surface area contributed by atoms with Gasteiger partial charge in [-0.15, -0.1) is 0 Å². The van der Waals surface area contributed by atoms with E-state index in [1.165, 1.54) is 36.0 Å². The molecule has 0 fully saturated rings. The van der Waals surface area contributed by atoms with Crippen molar-refractivity contribution >= 4 is 27.8 Å². The lowest BCUT2D eigenvalue weighted by Crippen LogP contribution is -2.18. The minimum Gasteiger partial charge on any atom is -0.489 e. The van der Waals surface area contributed by atoms with Gasteiger partial charge in [0.1, 0.15) is 12.4 Å². The molecule has 0 saturated heterocycles. The first-order chi connectivity index (χ1) is 17.8. The highest BCUT2D eigenvalue weighted by atomic mass is 32.2. The fourth-order valence-corrected chi connectivity index (χ4v) is 4.41. The van der Waals surface area contributed by atoms with Crippen molar-refractivity contribution < 1.29 is 17.9 Å². The lowest BCUT2D eigenvalue weighted by Gasteiger charge is -2.09. The molecule has 0 radical (unpaired) electrons. The zero-order chi connectivity index (χ0) is 26.3. The number of ether oxygens (including phenoxy) is 1. The Hall–Kier alpha value is -4.43. The molecule has 188 valence electrons. The van der Waals surface area contributed by atoms with Crippen molar-refractivity contribution in [2.24, 2.45) is 5.10 Å². The summed E-state index contributed by atoms with van der Waals surface area (Å²) in [6.07, 6.45) is 1.53. The smallest absolute Gasteiger partial charge is 0.271 e. The van der Waals surface area contributed by atoms with Crippen molar-refractivity contribution in [2.45, 2.75) is 25.3 Å². The van der Waals surface area contributed by atoms with Crippen molar-refractivity contribution in [1.82, 2.24) is 5.43 Å². The topological polar surface area (TPSA) is 96.9 Å². The molecule has 2 N–H and O–H groups in total. The number of hydrazone groups is 1. The summed E-state index contributed by atoms with van der Waals surface area (Å²) in [4.78, 5) is 12.6. The van der Waals surface area contributed by atoms with Gasteiger partial charge in [-0.1, -0.05) is 47.5 Å². The van der Waals surface area contributed by atoms with E-state index in [2.05, 4.69) is 27.4 Å². The van der Waals surface area contributed by atoms with Gasteiger partial charge in [0.05, 0.1) is 11.1 Å². The molecule has 0 saturated carbocycles. The molecule has 1 amide bonds. The Morgan fingerprint density at radius 2 is 1.41 bits per heavy atom. The van der Waals surface area contributed by atoms with E-state index in [1.54, 1.807) is 24.3 Å². The van der Waals surface area contributed by atoms with Gasteiger partial charge in [-0.3, -0.25) is 9.52 Å². The van der Waals surface area contributed by atoms with Gasteiger partial charge in [0.2, 0.25) is 0 Å². The molecule has 4 rings (SSSR count). The third-order valence-corrected chi connectivity index (χ3v) is 6.91. The molecule has 4 aromatic rings. The Labute approximate surface area is 216 Å². The second kappa shape index (κ2) is 11.5. The summed E-state index contributed by atoms with van der Waals surface area (Å²) >= 11 is 0. The summed E-state index contributed by atoms with van der Waals surface area (Å²) in [5.41, 5.74) is 7.23. The zero-order valence-electron chi connectivity index (χ0n) is 20.5. The van der Waals surface area contributed by atoms with Crippen LogP contribution in [0.4, 0.5) is 5.69 Å². The lowest BCUT2D eigenvalue weighted by molar-refractivity contribution is 0.0955. The molecule has 0 spiro atoms. The molecule has 0 bridgehead atoms. The third kappa shape index (κ3) is 7.28. The maximum absolute atomic E-state index is 12.5. The summed E-state index contributed by atoms with van der Waals surface area (Å²) in [6.45, 7) is 4.41. The van der Waals surface area contributed by atoms with Gasteiger partial charge in [-0.2, -0.15) is 5.10 Å². The number of sulfonamides is 1. The number of nitrogens with one attached hydrogen (secondary N) is 2. The molecular formula is C29H27N3O4S. The molecule has 0 aliphatic rings. The Morgan fingerprint density at radius 3 is 2.03 bits per heavy atom. The van der Waals surface area contributed by atoms with Crippen LogP contribution in [0.2, 0.25) is 0 Å². The van der Waals surface area contributed by atoms with E-state index in [-0.39, 0.29) is 4.90 Å². The molecule has 0 aliphatic heterocycles. The van der Waals surface area contributed by atoms with Gasteiger partial charge in [-0.25, -0.2) is 13.8 Å². The molecular weight excluding hydrogens is 486 g/mol. The number of hydrogen-bond acceptors (Lipinski definition) is 5. The number of benzene rings is 4. The van der Waals surface area contributed by atoms with E-state index in [0.29, 0.717) is 17.9 Å². The molecule has 0 atom stereocenters. The average molecular weight is 514 g/mol. The van der Waals surface area contributed by atoms with Crippen LogP contribution in [0.25, 0.3) is 0 Å². The number of amides is 1. The summed E-state index contributed by atoms with van der Waals surface area (Å²) < 4.78 is 33.4. The molecule has 8 heteroatoms. The van der Waals surface area contributed by atoms with Gasteiger partial charge in [0.25, 0.3) is 15.9 Å². The SMILES string of the molecule is Cc1ccc(COc2ccc(/C=N\NC(=O)c3ccc(NS(=O)(=O)c4ccc(C)cc4)cc3)cc2)cc1. The van der Waals surface area contributed by atoms with Crippen molar-refractivity contribution in [3.05, 3.63) is 125 Å². The van der Waals surface area contributed by atoms with Crippen LogP contribution in [0, 0.1) is 13.8 Å². The Kier molecular flexibility index (Phi) is 8.00. The number of carbonyl (C=O) groups excluding carboxylic acids is 1. The molecule has 7 nitrogen and oxygen atoms in total. The minimum absolute atomic E-state index is 0.167. The summed E-state index contributed by atoms with van der Waals surface area (Å²) in [6, 6.07) is 28.2. The van der Waals surface area contributed by atoms with E-state index in [4.69, 9.17) is 4.74 Å². The van der Waals surface area contributed by atoms with Crippen molar-refractivity contribution in [2.75, 3.05) is 4.72 Å². The predicted molar refractivity (Wildman–Crippen MR) is 145 cm³/mol. The van der Waals surface area contributed by atoms with Gasteiger partial charge in [0, 0.05) is 11.3 Å². The van der Waals surface area contributed by atoms with Crippen LogP contribution in [0.5, 0.6) is 5.75 Å². The standard InChI is InChI=1S/C29H27N3O4S/c1-21-3-7-24(8-4-21)20-36-27-15-9-23(10-16-27)19-30-31-29(33)25-11-13-26(14-12-25)32-37(34,35)28-17-5-22(2)6-18-28/h3-19,32H,20H2,1-2H3,(H,31,33)/b30-19-. The molecule has 0 aliphatic carbocycles. The first-order valence-corrected chi connectivity index (χ1v) is 13.1. The van der Waals surface area contributed by atoms with Crippen molar-refractivity contribution in [1.29, 1.82) is 0 Å². The van der Waals surface area contributed by atoms with Crippen LogP contribution < -0.4 is 14.9 Å².